The van der Waals surface area contributed by atoms with Gasteiger partial charge in [-0.15, -0.1) is 11.3 Å². The van der Waals surface area contributed by atoms with Gasteiger partial charge in [-0.05, 0) is 44.0 Å². The summed E-state index contributed by atoms with van der Waals surface area (Å²) in [4.78, 5) is 4.51. The topological polar surface area (TPSA) is 59.5 Å². The summed E-state index contributed by atoms with van der Waals surface area (Å²) in [7, 11) is -3.50. The second-order valence-corrected chi connectivity index (χ2v) is 7.98. The van der Waals surface area contributed by atoms with Crippen LogP contribution in [0.2, 0.25) is 0 Å². The molecule has 1 saturated carbocycles. The van der Waals surface area contributed by atoms with Crippen molar-refractivity contribution in [3.63, 3.8) is 0 Å². The van der Waals surface area contributed by atoms with E-state index >= 15 is 0 Å². The maximum Gasteiger partial charge on any atom is 0.243 e. The average molecular weight is 338 g/mol. The van der Waals surface area contributed by atoms with E-state index in [1.54, 1.807) is 34.8 Å². The van der Waals surface area contributed by atoms with Crippen molar-refractivity contribution in [2.45, 2.75) is 37.2 Å². The summed E-state index contributed by atoms with van der Waals surface area (Å²) >= 11 is 1.48. The van der Waals surface area contributed by atoms with Crippen LogP contribution in [0.1, 0.15) is 24.8 Å². The van der Waals surface area contributed by atoms with Crippen LogP contribution in [0.25, 0.3) is 0 Å². The molecule has 2 aromatic rings. The third kappa shape index (κ3) is 3.31. The van der Waals surface area contributed by atoms with Crippen LogP contribution in [0.4, 0.5) is 0 Å². The monoisotopic (exact) mass is 338 g/mol. The molecule has 1 fully saturated rings. The van der Waals surface area contributed by atoms with E-state index in [0.717, 1.165) is 17.8 Å². The number of ether oxygens (including phenoxy) is 1. The summed E-state index contributed by atoms with van der Waals surface area (Å²) < 4.78 is 32.7. The normalized spacial score (nSPS) is 15.2. The fourth-order valence-corrected chi connectivity index (χ4v) is 4.59. The van der Waals surface area contributed by atoms with Crippen LogP contribution in [0.5, 0.6) is 5.75 Å². The lowest BCUT2D eigenvalue weighted by atomic mass is 10.3. The van der Waals surface area contributed by atoms with Gasteiger partial charge in [-0.3, -0.25) is 0 Å². The Balaban J connectivity index is 1.85. The molecule has 3 rings (SSSR count). The maximum absolute atomic E-state index is 12.9. The zero-order valence-electron chi connectivity index (χ0n) is 12.3. The Morgan fingerprint density at radius 3 is 2.59 bits per heavy atom. The molecule has 1 aliphatic rings. The van der Waals surface area contributed by atoms with Gasteiger partial charge in [0.2, 0.25) is 10.0 Å². The van der Waals surface area contributed by atoms with E-state index in [2.05, 4.69) is 4.98 Å². The number of hydrogen-bond donors (Lipinski definition) is 0. The molecule has 0 amide bonds. The number of thiazole rings is 1. The molecule has 1 aromatic carbocycles. The number of aromatic nitrogens is 1. The Morgan fingerprint density at radius 2 is 2.05 bits per heavy atom. The molecule has 1 aromatic heterocycles. The highest BCUT2D eigenvalue weighted by molar-refractivity contribution is 7.89. The summed E-state index contributed by atoms with van der Waals surface area (Å²) in [6, 6.07) is 6.71. The van der Waals surface area contributed by atoms with Gasteiger partial charge >= 0.3 is 0 Å². The number of sulfonamides is 1. The lowest BCUT2D eigenvalue weighted by Gasteiger charge is -2.21. The van der Waals surface area contributed by atoms with E-state index < -0.39 is 10.0 Å². The zero-order valence-corrected chi connectivity index (χ0v) is 13.9. The number of nitrogens with zero attached hydrogens (tertiary/aromatic N) is 2. The van der Waals surface area contributed by atoms with Gasteiger partial charge in [0.25, 0.3) is 0 Å². The van der Waals surface area contributed by atoms with Crippen LogP contribution in [0, 0.1) is 0 Å². The summed E-state index contributed by atoms with van der Waals surface area (Å²) in [5, 5.41) is 2.69. The highest BCUT2D eigenvalue weighted by Crippen LogP contribution is 2.34. The van der Waals surface area contributed by atoms with Crippen molar-refractivity contribution in [1.82, 2.24) is 9.29 Å². The summed E-state index contributed by atoms with van der Waals surface area (Å²) in [6.07, 6.45) is 3.54. The van der Waals surface area contributed by atoms with Crippen LogP contribution >= 0.6 is 11.3 Å². The first-order valence-corrected chi connectivity index (χ1v) is 9.56. The van der Waals surface area contributed by atoms with Gasteiger partial charge in [-0.2, -0.15) is 4.31 Å². The molecule has 0 spiro atoms. The van der Waals surface area contributed by atoms with Gasteiger partial charge in [-0.25, -0.2) is 13.4 Å². The Hall–Kier alpha value is -1.44. The van der Waals surface area contributed by atoms with Crippen LogP contribution in [0.15, 0.2) is 40.7 Å². The minimum absolute atomic E-state index is 0.0977. The van der Waals surface area contributed by atoms with Crippen molar-refractivity contribution in [2.75, 3.05) is 6.61 Å². The summed E-state index contributed by atoms with van der Waals surface area (Å²) in [5.74, 6) is 0.680. The predicted octanol–water partition coefficient (Wildman–Crippen LogP) is 2.90. The van der Waals surface area contributed by atoms with E-state index in [9.17, 15) is 8.42 Å². The fraction of sp³-hybridized carbons (Fsp3) is 0.400. The highest BCUT2D eigenvalue weighted by Gasteiger charge is 2.38. The third-order valence-corrected chi connectivity index (χ3v) is 6.15. The molecule has 5 nitrogen and oxygen atoms in total. The van der Waals surface area contributed by atoms with Gasteiger partial charge in [-0.1, -0.05) is 0 Å². The second kappa shape index (κ2) is 6.36. The fourth-order valence-electron chi connectivity index (χ4n) is 2.25. The predicted molar refractivity (Wildman–Crippen MR) is 85.5 cm³/mol. The highest BCUT2D eigenvalue weighted by atomic mass is 32.2. The number of benzene rings is 1. The van der Waals surface area contributed by atoms with E-state index in [0.29, 0.717) is 23.8 Å². The van der Waals surface area contributed by atoms with Gasteiger partial charge in [0.1, 0.15) is 10.8 Å². The Labute approximate surface area is 134 Å². The SMILES string of the molecule is CCOc1ccc(S(=O)(=O)N(Cc2nccs2)C2CC2)cc1. The lowest BCUT2D eigenvalue weighted by Crippen LogP contribution is -2.32. The molecule has 0 atom stereocenters. The van der Waals surface area contributed by atoms with E-state index in [-0.39, 0.29) is 6.04 Å². The molecular formula is C15H18N2O3S2. The molecule has 0 unspecified atom stereocenters. The molecule has 0 N–H and O–H groups in total. The minimum atomic E-state index is -3.50. The van der Waals surface area contributed by atoms with Gasteiger partial charge < -0.3 is 4.74 Å². The van der Waals surface area contributed by atoms with Crippen molar-refractivity contribution >= 4 is 21.4 Å². The molecule has 0 radical (unpaired) electrons. The van der Waals surface area contributed by atoms with Gasteiger partial charge in [0, 0.05) is 17.6 Å². The lowest BCUT2D eigenvalue weighted by molar-refractivity contribution is 0.340. The quantitative estimate of drug-likeness (QED) is 0.779. The van der Waals surface area contributed by atoms with Crippen LogP contribution < -0.4 is 4.74 Å². The smallest absolute Gasteiger partial charge is 0.243 e. The maximum atomic E-state index is 12.9. The molecular weight excluding hydrogens is 320 g/mol. The first-order valence-electron chi connectivity index (χ1n) is 7.24. The second-order valence-electron chi connectivity index (χ2n) is 5.11. The van der Waals surface area contributed by atoms with Crippen LogP contribution in [0.3, 0.4) is 0 Å². The van der Waals surface area contributed by atoms with Crippen LogP contribution in [-0.4, -0.2) is 30.4 Å². The minimum Gasteiger partial charge on any atom is -0.494 e. The molecule has 0 saturated heterocycles. The molecule has 1 aliphatic carbocycles. The van der Waals surface area contributed by atoms with E-state index in [1.807, 2.05) is 12.3 Å². The van der Waals surface area contributed by atoms with Crippen molar-refractivity contribution in [1.29, 1.82) is 0 Å². The van der Waals surface area contributed by atoms with Crippen molar-refractivity contribution in [3.8, 4) is 5.75 Å². The van der Waals surface area contributed by atoms with Gasteiger partial charge in [0.05, 0.1) is 18.0 Å². The molecule has 7 heteroatoms. The standard InChI is InChI=1S/C15H18N2O3S2/c1-2-20-13-5-7-14(8-6-13)22(18,19)17(12-3-4-12)11-15-16-9-10-21-15/h5-10,12H,2-4,11H2,1H3. The summed E-state index contributed by atoms with van der Waals surface area (Å²) in [5.41, 5.74) is 0. The summed E-state index contributed by atoms with van der Waals surface area (Å²) in [6.45, 7) is 2.80. The Bertz CT molecular complexity index is 708. The van der Waals surface area contributed by atoms with Gasteiger partial charge in [0.15, 0.2) is 0 Å². The average Bonchev–Trinajstić information content (AvgIpc) is 3.21. The molecule has 0 bridgehead atoms. The Kier molecular flexibility index (Phi) is 4.46. The van der Waals surface area contributed by atoms with E-state index in [4.69, 9.17) is 4.74 Å². The van der Waals surface area contributed by atoms with Crippen LogP contribution in [-0.2, 0) is 16.6 Å². The largest absolute Gasteiger partial charge is 0.494 e. The number of rotatable bonds is 7. The van der Waals surface area contributed by atoms with Crippen molar-refractivity contribution in [2.24, 2.45) is 0 Å². The number of hydrogen-bond acceptors (Lipinski definition) is 5. The van der Waals surface area contributed by atoms with E-state index in [1.165, 1.54) is 11.3 Å². The molecule has 1 heterocycles. The zero-order chi connectivity index (χ0) is 15.6. The third-order valence-electron chi connectivity index (χ3n) is 3.47. The molecule has 0 aliphatic heterocycles. The Morgan fingerprint density at radius 1 is 1.32 bits per heavy atom. The van der Waals surface area contributed by atoms with Crippen molar-refractivity contribution in [3.05, 3.63) is 40.8 Å². The van der Waals surface area contributed by atoms with Crippen molar-refractivity contribution < 1.29 is 13.2 Å². The first-order chi connectivity index (χ1) is 10.6. The first kappa shape index (κ1) is 15.5. The molecule has 22 heavy (non-hydrogen) atoms. The molecule has 118 valence electrons.